The Hall–Kier alpha value is -3.70. The summed E-state index contributed by atoms with van der Waals surface area (Å²) in [6, 6.07) is 10.7. The van der Waals surface area contributed by atoms with Gasteiger partial charge in [-0.05, 0) is 43.7 Å². The fraction of sp³-hybridized carbons (Fsp3) is 0.273. The van der Waals surface area contributed by atoms with Crippen LogP contribution in [0.2, 0.25) is 0 Å². The second-order valence-electron chi connectivity index (χ2n) is 7.63. The summed E-state index contributed by atoms with van der Waals surface area (Å²) in [6.07, 6.45) is 3.58. The summed E-state index contributed by atoms with van der Waals surface area (Å²) < 4.78 is 2.07. The van der Waals surface area contributed by atoms with Crippen molar-refractivity contribution in [1.82, 2.24) is 24.4 Å². The van der Waals surface area contributed by atoms with Gasteiger partial charge in [-0.25, -0.2) is 9.97 Å². The molecule has 1 aliphatic heterocycles. The van der Waals surface area contributed by atoms with Crippen LogP contribution in [0.4, 0.5) is 0 Å². The molecule has 1 saturated heterocycles. The standard InChI is InChI=1S/C22H20N6O2/c1-13(29)21-26-18-11-25-20-17(6-8-24-20)19(18)28(21)16-7-9-27(12-16)22(30)15-4-2-14(10-23)3-5-15/h2-6,8,11,13,16,29H,7,9,12H2,1H3,(H,24,25)/t13-,16?/m1/s1. The molecule has 30 heavy (non-hydrogen) atoms. The number of aromatic nitrogens is 4. The Balaban J connectivity index is 1.52. The number of hydrogen-bond donors (Lipinski definition) is 2. The molecule has 3 aromatic heterocycles. The lowest BCUT2D eigenvalue weighted by Gasteiger charge is -2.20. The molecule has 0 radical (unpaired) electrons. The summed E-state index contributed by atoms with van der Waals surface area (Å²) in [4.78, 5) is 27.0. The number of rotatable bonds is 3. The van der Waals surface area contributed by atoms with E-state index in [1.165, 1.54) is 0 Å². The molecule has 8 heteroatoms. The number of H-pyrrole nitrogens is 1. The van der Waals surface area contributed by atoms with E-state index in [2.05, 4.69) is 25.6 Å². The zero-order valence-electron chi connectivity index (χ0n) is 16.4. The molecule has 2 atom stereocenters. The molecule has 1 amide bonds. The van der Waals surface area contributed by atoms with E-state index in [-0.39, 0.29) is 11.9 Å². The lowest BCUT2D eigenvalue weighted by Crippen LogP contribution is -2.29. The largest absolute Gasteiger partial charge is 0.385 e. The van der Waals surface area contributed by atoms with Crippen LogP contribution in [0.25, 0.3) is 22.1 Å². The number of benzene rings is 1. The maximum absolute atomic E-state index is 13.0. The molecule has 0 spiro atoms. The van der Waals surface area contributed by atoms with Crippen molar-refractivity contribution >= 4 is 28.0 Å². The van der Waals surface area contributed by atoms with Gasteiger partial charge in [0.2, 0.25) is 0 Å². The van der Waals surface area contributed by atoms with Gasteiger partial charge in [-0.15, -0.1) is 0 Å². The monoisotopic (exact) mass is 400 g/mol. The highest BCUT2D eigenvalue weighted by molar-refractivity contribution is 6.01. The van der Waals surface area contributed by atoms with Crippen molar-refractivity contribution in [3.05, 3.63) is 59.7 Å². The van der Waals surface area contributed by atoms with Gasteiger partial charge in [0.05, 0.1) is 29.4 Å². The maximum atomic E-state index is 13.0. The first-order valence-corrected chi connectivity index (χ1v) is 9.88. The van der Waals surface area contributed by atoms with Crippen LogP contribution in [-0.4, -0.2) is 48.5 Å². The number of likely N-dealkylation sites (tertiary alicyclic amines) is 1. The number of fused-ring (bicyclic) bond motifs is 3. The number of nitrogens with zero attached hydrogens (tertiary/aromatic N) is 5. The number of aromatic amines is 1. The predicted molar refractivity (Wildman–Crippen MR) is 111 cm³/mol. The number of aliphatic hydroxyl groups excluding tert-OH is 1. The topological polar surface area (TPSA) is 111 Å². The van der Waals surface area contributed by atoms with Crippen LogP contribution in [0.5, 0.6) is 0 Å². The molecule has 0 saturated carbocycles. The van der Waals surface area contributed by atoms with E-state index in [9.17, 15) is 9.90 Å². The van der Waals surface area contributed by atoms with E-state index in [4.69, 9.17) is 5.26 Å². The zero-order chi connectivity index (χ0) is 20.8. The fourth-order valence-corrected chi connectivity index (χ4v) is 4.28. The molecule has 5 rings (SSSR count). The molecule has 1 aliphatic rings. The predicted octanol–water partition coefficient (Wildman–Crippen LogP) is 2.92. The van der Waals surface area contributed by atoms with Crippen LogP contribution in [0, 0.1) is 11.3 Å². The number of carbonyl (C=O) groups is 1. The third-order valence-corrected chi connectivity index (χ3v) is 5.71. The number of nitriles is 1. The van der Waals surface area contributed by atoms with Gasteiger partial charge in [0.25, 0.3) is 5.91 Å². The van der Waals surface area contributed by atoms with E-state index in [1.54, 1.807) is 37.4 Å². The van der Waals surface area contributed by atoms with Crippen molar-refractivity contribution < 1.29 is 9.90 Å². The SMILES string of the molecule is C[C@@H](O)c1nc2cnc3[nH]ccc3c2n1C1CCN(C(=O)c2ccc(C#N)cc2)C1. The molecule has 1 unspecified atom stereocenters. The summed E-state index contributed by atoms with van der Waals surface area (Å²) in [6.45, 7) is 2.84. The Kier molecular flexibility index (Phi) is 4.26. The van der Waals surface area contributed by atoms with Crippen LogP contribution in [0.3, 0.4) is 0 Å². The average Bonchev–Trinajstić information content (AvgIpc) is 3.49. The molecule has 4 heterocycles. The second kappa shape index (κ2) is 6.97. The summed E-state index contributed by atoms with van der Waals surface area (Å²) in [7, 11) is 0. The van der Waals surface area contributed by atoms with Crippen molar-refractivity contribution in [3.63, 3.8) is 0 Å². The van der Waals surface area contributed by atoms with Gasteiger partial charge in [0.15, 0.2) is 0 Å². The molecule has 4 aromatic rings. The van der Waals surface area contributed by atoms with Crippen LogP contribution in [0.15, 0.2) is 42.7 Å². The zero-order valence-corrected chi connectivity index (χ0v) is 16.4. The molecule has 1 fully saturated rings. The van der Waals surface area contributed by atoms with Gasteiger partial charge in [-0.2, -0.15) is 5.26 Å². The molecule has 0 bridgehead atoms. The molecule has 150 valence electrons. The molecule has 8 nitrogen and oxygen atoms in total. The number of carbonyl (C=O) groups excluding carboxylic acids is 1. The molecular weight excluding hydrogens is 380 g/mol. The molecule has 2 N–H and O–H groups in total. The Morgan fingerprint density at radius 1 is 1.33 bits per heavy atom. The van der Waals surface area contributed by atoms with Gasteiger partial charge in [-0.1, -0.05) is 0 Å². The van der Waals surface area contributed by atoms with Gasteiger partial charge in [0, 0.05) is 30.2 Å². The molecular formula is C22H20N6O2. The Morgan fingerprint density at radius 3 is 2.87 bits per heavy atom. The number of imidazole rings is 1. The first kappa shape index (κ1) is 18.3. The Labute approximate surface area is 172 Å². The second-order valence-corrected chi connectivity index (χ2v) is 7.63. The van der Waals surface area contributed by atoms with Crippen LogP contribution >= 0.6 is 0 Å². The highest BCUT2D eigenvalue weighted by Crippen LogP contribution is 2.34. The van der Waals surface area contributed by atoms with Gasteiger partial charge >= 0.3 is 0 Å². The van der Waals surface area contributed by atoms with Crippen molar-refractivity contribution in [1.29, 1.82) is 5.26 Å². The summed E-state index contributed by atoms with van der Waals surface area (Å²) in [5.41, 5.74) is 3.52. The van der Waals surface area contributed by atoms with Gasteiger partial charge in [0.1, 0.15) is 23.1 Å². The van der Waals surface area contributed by atoms with E-state index >= 15 is 0 Å². The first-order chi connectivity index (χ1) is 14.6. The van der Waals surface area contributed by atoms with Crippen LogP contribution in [0.1, 0.15) is 47.2 Å². The van der Waals surface area contributed by atoms with E-state index in [0.29, 0.717) is 30.0 Å². The summed E-state index contributed by atoms with van der Waals surface area (Å²) in [5.74, 6) is 0.525. The molecule has 0 aliphatic carbocycles. The van der Waals surface area contributed by atoms with Crippen molar-refractivity contribution in [2.45, 2.75) is 25.5 Å². The molecule has 1 aromatic carbocycles. The van der Waals surface area contributed by atoms with Gasteiger partial charge in [-0.3, -0.25) is 4.79 Å². The van der Waals surface area contributed by atoms with E-state index in [1.807, 2.05) is 17.2 Å². The average molecular weight is 400 g/mol. The minimum atomic E-state index is -0.741. The van der Waals surface area contributed by atoms with Crippen molar-refractivity contribution in [2.75, 3.05) is 13.1 Å². The minimum Gasteiger partial charge on any atom is -0.385 e. The minimum absolute atomic E-state index is 0.00225. The smallest absolute Gasteiger partial charge is 0.253 e. The Morgan fingerprint density at radius 2 is 2.13 bits per heavy atom. The van der Waals surface area contributed by atoms with E-state index < -0.39 is 6.10 Å². The lowest BCUT2D eigenvalue weighted by atomic mass is 10.1. The van der Waals surface area contributed by atoms with Crippen LogP contribution in [-0.2, 0) is 0 Å². The quantitative estimate of drug-likeness (QED) is 0.549. The summed E-state index contributed by atoms with van der Waals surface area (Å²) >= 11 is 0. The fourth-order valence-electron chi connectivity index (χ4n) is 4.28. The van der Waals surface area contributed by atoms with Crippen molar-refractivity contribution in [3.8, 4) is 6.07 Å². The van der Waals surface area contributed by atoms with E-state index in [0.717, 1.165) is 28.5 Å². The number of amides is 1. The number of pyridine rings is 1. The third kappa shape index (κ3) is 2.83. The van der Waals surface area contributed by atoms with Gasteiger partial charge < -0.3 is 19.6 Å². The van der Waals surface area contributed by atoms with Crippen LogP contribution < -0.4 is 0 Å². The number of nitrogens with one attached hydrogen (secondary N) is 1. The number of hydrogen-bond acceptors (Lipinski definition) is 5. The lowest BCUT2D eigenvalue weighted by molar-refractivity contribution is 0.0787. The summed E-state index contributed by atoms with van der Waals surface area (Å²) in [5, 5.41) is 20.3. The highest BCUT2D eigenvalue weighted by atomic mass is 16.3. The Bertz CT molecular complexity index is 1300. The van der Waals surface area contributed by atoms with Crippen molar-refractivity contribution in [2.24, 2.45) is 0 Å². The highest BCUT2D eigenvalue weighted by Gasteiger charge is 2.32. The number of aliphatic hydroxyl groups is 1. The normalized spacial score (nSPS) is 17.5. The third-order valence-electron chi connectivity index (χ3n) is 5.71. The maximum Gasteiger partial charge on any atom is 0.253 e. The first-order valence-electron chi connectivity index (χ1n) is 9.88.